The third-order valence-corrected chi connectivity index (χ3v) is 2.73. The summed E-state index contributed by atoms with van der Waals surface area (Å²) >= 11 is 0. The highest BCUT2D eigenvalue weighted by Crippen LogP contribution is 2.17. The number of hydrogen-bond donors (Lipinski definition) is 0. The highest BCUT2D eigenvalue weighted by Gasteiger charge is 1.98. The monoisotopic (exact) mass is 228 g/mol. The number of methoxy groups -OCH3 is 2. The molecule has 17 heavy (non-hydrogen) atoms. The summed E-state index contributed by atoms with van der Waals surface area (Å²) in [5.74, 6) is 1.78. The van der Waals surface area contributed by atoms with Crippen molar-refractivity contribution in [3.05, 3.63) is 59.7 Å². The van der Waals surface area contributed by atoms with E-state index in [1.165, 1.54) is 11.1 Å². The zero-order valence-electron chi connectivity index (χ0n) is 10.1. The summed E-state index contributed by atoms with van der Waals surface area (Å²) in [5.41, 5.74) is 2.55. The molecule has 0 heterocycles. The first kappa shape index (κ1) is 11.5. The van der Waals surface area contributed by atoms with Gasteiger partial charge in [-0.15, -0.1) is 0 Å². The van der Waals surface area contributed by atoms with E-state index in [1.54, 1.807) is 14.2 Å². The molecule has 2 aromatic rings. The first-order chi connectivity index (χ1) is 8.31. The van der Waals surface area contributed by atoms with Crippen LogP contribution in [-0.2, 0) is 6.42 Å². The first-order valence-corrected chi connectivity index (χ1v) is 5.57. The minimum absolute atomic E-state index is 0.892. The lowest BCUT2D eigenvalue weighted by Crippen LogP contribution is -1.89. The van der Waals surface area contributed by atoms with Crippen molar-refractivity contribution in [3.8, 4) is 11.5 Å². The quantitative estimate of drug-likeness (QED) is 0.799. The van der Waals surface area contributed by atoms with Gasteiger partial charge in [0.2, 0.25) is 0 Å². The molecule has 0 saturated carbocycles. The van der Waals surface area contributed by atoms with Crippen LogP contribution in [0.25, 0.3) is 0 Å². The van der Waals surface area contributed by atoms with E-state index < -0.39 is 0 Å². The first-order valence-electron chi connectivity index (χ1n) is 5.57. The molecule has 0 aliphatic heterocycles. The molecule has 0 amide bonds. The van der Waals surface area contributed by atoms with Crippen LogP contribution >= 0.6 is 0 Å². The van der Waals surface area contributed by atoms with E-state index in [-0.39, 0.29) is 0 Å². The minimum atomic E-state index is 0.892. The molecule has 0 aliphatic rings. The summed E-state index contributed by atoms with van der Waals surface area (Å²) < 4.78 is 10.3. The van der Waals surface area contributed by atoms with Gasteiger partial charge in [-0.05, 0) is 41.8 Å². The fraction of sp³-hybridized carbons (Fsp3) is 0.200. The Morgan fingerprint density at radius 1 is 0.647 bits per heavy atom. The second-order valence-electron chi connectivity index (χ2n) is 3.87. The van der Waals surface area contributed by atoms with Crippen molar-refractivity contribution in [3.63, 3.8) is 0 Å². The van der Waals surface area contributed by atoms with Gasteiger partial charge < -0.3 is 9.47 Å². The molecule has 2 nitrogen and oxygen atoms in total. The Kier molecular flexibility index (Phi) is 3.66. The molecule has 0 bridgehead atoms. The third-order valence-electron chi connectivity index (χ3n) is 2.73. The summed E-state index contributed by atoms with van der Waals surface area (Å²) in [6.45, 7) is 0. The Balaban J connectivity index is 2.08. The van der Waals surface area contributed by atoms with Crippen molar-refractivity contribution >= 4 is 0 Å². The Morgan fingerprint density at radius 3 is 1.29 bits per heavy atom. The SMILES string of the molecule is COc1ccc(Cc2ccc(OC)cc2)cc1. The number of hydrogen-bond acceptors (Lipinski definition) is 2. The summed E-state index contributed by atoms with van der Waals surface area (Å²) in [4.78, 5) is 0. The average Bonchev–Trinajstić information content (AvgIpc) is 2.40. The molecule has 2 aromatic carbocycles. The molecule has 88 valence electrons. The predicted octanol–water partition coefficient (Wildman–Crippen LogP) is 3.29. The Labute approximate surface area is 102 Å². The van der Waals surface area contributed by atoms with Gasteiger partial charge in [0.1, 0.15) is 11.5 Å². The predicted molar refractivity (Wildman–Crippen MR) is 68.8 cm³/mol. The van der Waals surface area contributed by atoms with E-state index in [1.807, 2.05) is 24.3 Å². The van der Waals surface area contributed by atoms with E-state index in [4.69, 9.17) is 9.47 Å². The zero-order valence-corrected chi connectivity index (χ0v) is 10.1. The number of rotatable bonds is 4. The Hall–Kier alpha value is -1.96. The van der Waals surface area contributed by atoms with Gasteiger partial charge in [0.25, 0.3) is 0 Å². The molecule has 0 aromatic heterocycles. The second-order valence-corrected chi connectivity index (χ2v) is 3.87. The summed E-state index contributed by atoms with van der Waals surface area (Å²) in [7, 11) is 3.36. The molecule has 0 aliphatic carbocycles. The molecule has 2 heteroatoms. The largest absolute Gasteiger partial charge is 0.497 e. The summed E-state index contributed by atoms with van der Waals surface area (Å²) in [6, 6.07) is 16.3. The van der Waals surface area contributed by atoms with Gasteiger partial charge in [-0.2, -0.15) is 0 Å². The lowest BCUT2D eigenvalue weighted by Gasteiger charge is -2.05. The van der Waals surface area contributed by atoms with E-state index in [9.17, 15) is 0 Å². The van der Waals surface area contributed by atoms with Gasteiger partial charge in [0.15, 0.2) is 0 Å². The van der Waals surface area contributed by atoms with Crippen LogP contribution in [-0.4, -0.2) is 14.2 Å². The van der Waals surface area contributed by atoms with Gasteiger partial charge in [0.05, 0.1) is 14.2 Å². The molecule has 0 spiro atoms. The zero-order chi connectivity index (χ0) is 12.1. The lowest BCUT2D eigenvalue weighted by molar-refractivity contribution is 0.414. The van der Waals surface area contributed by atoms with E-state index >= 15 is 0 Å². The highest BCUT2D eigenvalue weighted by molar-refractivity contribution is 5.33. The van der Waals surface area contributed by atoms with Crippen molar-refractivity contribution in [1.29, 1.82) is 0 Å². The maximum Gasteiger partial charge on any atom is 0.118 e. The lowest BCUT2D eigenvalue weighted by atomic mass is 10.0. The Morgan fingerprint density at radius 2 is 1.00 bits per heavy atom. The maximum atomic E-state index is 5.13. The molecule has 0 atom stereocenters. The van der Waals surface area contributed by atoms with E-state index in [0.29, 0.717) is 0 Å². The molecular weight excluding hydrogens is 212 g/mol. The van der Waals surface area contributed by atoms with Crippen LogP contribution in [0, 0.1) is 0 Å². The highest BCUT2D eigenvalue weighted by atomic mass is 16.5. The number of benzene rings is 2. The molecule has 0 saturated heterocycles. The number of ether oxygens (including phenoxy) is 2. The van der Waals surface area contributed by atoms with Gasteiger partial charge in [-0.25, -0.2) is 0 Å². The van der Waals surface area contributed by atoms with Gasteiger partial charge >= 0.3 is 0 Å². The van der Waals surface area contributed by atoms with Crippen LogP contribution in [0.3, 0.4) is 0 Å². The molecule has 2 rings (SSSR count). The fourth-order valence-electron chi connectivity index (χ4n) is 1.72. The molecule has 0 fully saturated rings. The van der Waals surface area contributed by atoms with Crippen LogP contribution in [0.2, 0.25) is 0 Å². The molecule has 0 radical (unpaired) electrons. The van der Waals surface area contributed by atoms with Gasteiger partial charge in [-0.1, -0.05) is 24.3 Å². The van der Waals surface area contributed by atoms with Crippen molar-refractivity contribution in [1.82, 2.24) is 0 Å². The van der Waals surface area contributed by atoms with E-state index in [0.717, 1.165) is 17.9 Å². The van der Waals surface area contributed by atoms with Crippen molar-refractivity contribution < 1.29 is 9.47 Å². The van der Waals surface area contributed by atoms with E-state index in [2.05, 4.69) is 24.3 Å². The molecule has 0 unspecified atom stereocenters. The average molecular weight is 228 g/mol. The standard InChI is InChI=1S/C15H16O2/c1-16-14-7-3-12(4-8-14)11-13-5-9-15(17-2)10-6-13/h3-10H,11H2,1-2H3. The summed E-state index contributed by atoms with van der Waals surface area (Å²) in [5, 5.41) is 0. The summed E-state index contributed by atoms with van der Waals surface area (Å²) in [6.07, 6.45) is 0.925. The van der Waals surface area contributed by atoms with Crippen molar-refractivity contribution in [2.75, 3.05) is 14.2 Å². The second kappa shape index (κ2) is 5.39. The van der Waals surface area contributed by atoms with Crippen LogP contribution in [0.1, 0.15) is 11.1 Å². The topological polar surface area (TPSA) is 18.5 Å². The minimum Gasteiger partial charge on any atom is -0.497 e. The maximum absolute atomic E-state index is 5.13. The Bertz CT molecular complexity index is 412. The fourth-order valence-corrected chi connectivity index (χ4v) is 1.72. The van der Waals surface area contributed by atoms with Gasteiger partial charge in [-0.3, -0.25) is 0 Å². The van der Waals surface area contributed by atoms with Crippen LogP contribution in [0.5, 0.6) is 11.5 Å². The van der Waals surface area contributed by atoms with Crippen molar-refractivity contribution in [2.45, 2.75) is 6.42 Å². The van der Waals surface area contributed by atoms with Crippen molar-refractivity contribution in [2.24, 2.45) is 0 Å². The molecule has 0 N–H and O–H groups in total. The molecular formula is C15H16O2. The normalized spacial score (nSPS) is 10.0. The third kappa shape index (κ3) is 3.00. The van der Waals surface area contributed by atoms with Crippen LogP contribution < -0.4 is 9.47 Å². The van der Waals surface area contributed by atoms with Gasteiger partial charge in [0, 0.05) is 0 Å². The smallest absolute Gasteiger partial charge is 0.118 e. The van der Waals surface area contributed by atoms with Crippen LogP contribution in [0.15, 0.2) is 48.5 Å². The van der Waals surface area contributed by atoms with Crippen LogP contribution in [0.4, 0.5) is 0 Å².